The highest BCUT2D eigenvalue weighted by Crippen LogP contribution is 2.19. The highest BCUT2D eigenvalue weighted by Gasteiger charge is 2.12. The summed E-state index contributed by atoms with van der Waals surface area (Å²) in [7, 11) is 0. The lowest BCUT2D eigenvalue weighted by molar-refractivity contribution is -0.115. The molecular formula is C16H16BrN3O. The second-order valence-corrected chi connectivity index (χ2v) is 5.93. The summed E-state index contributed by atoms with van der Waals surface area (Å²) in [6.45, 7) is 1.78. The van der Waals surface area contributed by atoms with Crippen LogP contribution in [0.1, 0.15) is 16.8 Å². The van der Waals surface area contributed by atoms with E-state index in [0.29, 0.717) is 6.42 Å². The van der Waals surface area contributed by atoms with E-state index in [0.717, 1.165) is 40.9 Å². The zero-order chi connectivity index (χ0) is 14.7. The normalized spacial score (nSPS) is 13.6. The molecule has 0 fully saturated rings. The second-order valence-electron chi connectivity index (χ2n) is 5.07. The molecule has 1 aromatic carbocycles. The number of aromatic nitrogens is 1. The third-order valence-electron chi connectivity index (χ3n) is 3.51. The van der Waals surface area contributed by atoms with Crippen molar-refractivity contribution >= 4 is 27.5 Å². The van der Waals surface area contributed by atoms with E-state index in [1.165, 1.54) is 5.56 Å². The van der Waals surface area contributed by atoms with Crippen LogP contribution in [-0.4, -0.2) is 17.4 Å². The number of fused-ring (bicyclic) bond motifs is 1. The minimum atomic E-state index is -0.0348. The number of nitrogens with one attached hydrogen (secondary N) is 2. The summed E-state index contributed by atoms with van der Waals surface area (Å²) >= 11 is 3.46. The van der Waals surface area contributed by atoms with E-state index in [1.807, 2.05) is 30.3 Å². The Morgan fingerprint density at radius 2 is 2.24 bits per heavy atom. The van der Waals surface area contributed by atoms with Crippen LogP contribution in [0.15, 0.2) is 41.0 Å². The first-order valence-corrected chi connectivity index (χ1v) is 7.73. The average Bonchev–Trinajstić information content (AvgIpc) is 2.49. The number of pyridine rings is 1. The zero-order valence-electron chi connectivity index (χ0n) is 11.5. The molecule has 0 radical (unpaired) electrons. The Balaban J connectivity index is 1.69. The van der Waals surface area contributed by atoms with E-state index in [1.54, 1.807) is 6.20 Å². The fourth-order valence-corrected chi connectivity index (χ4v) is 2.86. The molecule has 4 nitrogen and oxygen atoms in total. The number of halogens is 1. The van der Waals surface area contributed by atoms with Crippen LogP contribution >= 0.6 is 15.9 Å². The SMILES string of the molecule is O=C(Cc1ccccc1Br)Nc1cnc2c(c1)CNCC2. The molecule has 0 atom stereocenters. The Morgan fingerprint density at radius 3 is 3.10 bits per heavy atom. The smallest absolute Gasteiger partial charge is 0.228 e. The number of benzene rings is 1. The largest absolute Gasteiger partial charge is 0.324 e. The van der Waals surface area contributed by atoms with Crippen LogP contribution in [0.25, 0.3) is 0 Å². The molecule has 21 heavy (non-hydrogen) atoms. The van der Waals surface area contributed by atoms with Gasteiger partial charge in [-0.05, 0) is 23.3 Å². The van der Waals surface area contributed by atoms with Crippen LogP contribution in [0.3, 0.4) is 0 Å². The van der Waals surface area contributed by atoms with Crippen LogP contribution in [-0.2, 0) is 24.2 Å². The van der Waals surface area contributed by atoms with Crippen LogP contribution in [0.2, 0.25) is 0 Å². The summed E-state index contributed by atoms with van der Waals surface area (Å²) in [5.74, 6) is -0.0348. The van der Waals surface area contributed by atoms with Crippen LogP contribution in [0, 0.1) is 0 Å². The topological polar surface area (TPSA) is 54.0 Å². The molecule has 0 unspecified atom stereocenters. The van der Waals surface area contributed by atoms with E-state index < -0.39 is 0 Å². The fraction of sp³-hybridized carbons (Fsp3) is 0.250. The van der Waals surface area contributed by atoms with Gasteiger partial charge in [0.05, 0.1) is 18.3 Å². The van der Waals surface area contributed by atoms with Crippen molar-refractivity contribution in [3.63, 3.8) is 0 Å². The van der Waals surface area contributed by atoms with E-state index in [-0.39, 0.29) is 5.91 Å². The third kappa shape index (κ3) is 3.49. The molecule has 0 aliphatic carbocycles. The molecule has 1 amide bonds. The molecule has 2 heterocycles. The quantitative estimate of drug-likeness (QED) is 0.899. The van der Waals surface area contributed by atoms with Gasteiger partial charge in [0.2, 0.25) is 5.91 Å². The Bertz CT molecular complexity index is 672. The predicted octanol–water partition coefficient (Wildman–Crippen LogP) is 2.67. The number of anilines is 1. The third-order valence-corrected chi connectivity index (χ3v) is 4.28. The molecule has 2 N–H and O–H groups in total. The molecule has 0 spiro atoms. The minimum Gasteiger partial charge on any atom is -0.324 e. The molecular weight excluding hydrogens is 330 g/mol. The Kier molecular flexibility index (Phi) is 4.31. The van der Waals surface area contributed by atoms with Crippen molar-refractivity contribution in [3.8, 4) is 0 Å². The number of carbonyl (C=O) groups is 1. The van der Waals surface area contributed by atoms with Crippen LogP contribution in [0.5, 0.6) is 0 Å². The lowest BCUT2D eigenvalue weighted by Crippen LogP contribution is -2.25. The number of hydrogen-bond acceptors (Lipinski definition) is 3. The Labute approximate surface area is 132 Å². The highest BCUT2D eigenvalue weighted by atomic mass is 79.9. The second kappa shape index (κ2) is 6.37. The van der Waals surface area contributed by atoms with Gasteiger partial charge in [0.1, 0.15) is 0 Å². The first-order valence-electron chi connectivity index (χ1n) is 6.94. The maximum Gasteiger partial charge on any atom is 0.228 e. The van der Waals surface area contributed by atoms with Crippen molar-refractivity contribution in [2.45, 2.75) is 19.4 Å². The van der Waals surface area contributed by atoms with Crippen molar-refractivity contribution in [2.75, 3.05) is 11.9 Å². The molecule has 108 valence electrons. The van der Waals surface area contributed by atoms with Gasteiger partial charge in [-0.3, -0.25) is 9.78 Å². The monoisotopic (exact) mass is 345 g/mol. The number of nitrogens with zero attached hydrogens (tertiary/aromatic N) is 1. The highest BCUT2D eigenvalue weighted by molar-refractivity contribution is 9.10. The Morgan fingerprint density at radius 1 is 1.38 bits per heavy atom. The summed E-state index contributed by atoms with van der Waals surface area (Å²) in [4.78, 5) is 16.6. The van der Waals surface area contributed by atoms with E-state index in [4.69, 9.17) is 0 Å². The van der Waals surface area contributed by atoms with Gasteiger partial charge >= 0.3 is 0 Å². The fourth-order valence-electron chi connectivity index (χ4n) is 2.43. The lowest BCUT2D eigenvalue weighted by atomic mass is 10.1. The van der Waals surface area contributed by atoms with Gasteiger partial charge < -0.3 is 10.6 Å². The molecule has 0 saturated carbocycles. The van der Waals surface area contributed by atoms with Gasteiger partial charge in [0.25, 0.3) is 0 Å². The van der Waals surface area contributed by atoms with Crippen molar-refractivity contribution in [1.29, 1.82) is 0 Å². The van der Waals surface area contributed by atoms with Crippen molar-refractivity contribution in [2.24, 2.45) is 0 Å². The average molecular weight is 346 g/mol. The maximum absolute atomic E-state index is 12.1. The molecule has 3 rings (SSSR count). The molecule has 5 heteroatoms. The lowest BCUT2D eigenvalue weighted by Gasteiger charge is -2.17. The minimum absolute atomic E-state index is 0.0348. The summed E-state index contributed by atoms with van der Waals surface area (Å²) in [6.07, 6.45) is 3.03. The molecule has 2 aromatic rings. The number of amides is 1. The standard InChI is InChI=1S/C16H16BrN3O/c17-14-4-2-1-3-11(14)8-16(21)20-13-7-12-9-18-6-5-15(12)19-10-13/h1-4,7,10,18H,5-6,8-9H2,(H,20,21). The molecule has 1 aliphatic heterocycles. The van der Waals surface area contributed by atoms with Crippen molar-refractivity contribution in [1.82, 2.24) is 10.3 Å². The van der Waals surface area contributed by atoms with Gasteiger partial charge in [-0.2, -0.15) is 0 Å². The molecule has 0 bridgehead atoms. The van der Waals surface area contributed by atoms with Gasteiger partial charge in [0, 0.05) is 29.7 Å². The molecule has 1 aliphatic rings. The van der Waals surface area contributed by atoms with Crippen molar-refractivity contribution < 1.29 is 4.79 Å². The summed E-state index contributed by atoms with van der Waals surface area (Å²) in [6, 6.07) is 9.76. The predicted molar refractivity (Wildman–Crippen MR) is 86.1 cm³/mol. The first kappa shape index (κ1) is 14.2. The van der Waals surface area contributed by atoms with Crippen LogP contribution < -0.4 is 10.6 Å². The van der Waals surface area contributed by atoms with E-state index in [9.17, 15) is 4.79 Å². The van der Waals surface area contributed by atoms with E-state index >= 15 is 0 Å². The zero-order valence-corrected chi connectivity index (χ0v) is 13.1. The number of carbonyl (C=O) groups excluding carboxylic acids is 1. The maximum atomic E-state index is 12.1. The van der Waals surface area contributed by atoms with Gasteiger partial charge in [-0.1, -0.05) is 34.1 Å². The number of hydrogen-bond donors (Lipinski definition) is 2. The van der Waals surface area contributed by atoms with Gasteiger partial charge in [-0.25, -0.2) is 0 Å². The number of rotatable bonds is 3. The van der Waals surface area contributed by atoms with Gasteiger partial charge in [0.15, 0.2) is 0 Å². The van der Waals surface area contributed by atoms with E-state index in [2.05, 4.69) is 31.5 Å². The summed E-state index contributed by atoms with van der Waals surface area (Å²) in [5.41, 5.74) is 4.02. The first-order chi connectivity index (χ1) is 10.2. The van der Waals surface area contributed by atoms with Gasteiger partial charge in [-0.15, -0.1) is 0 Å². The molecule has 1 aromatic heterocycles. The summed E-state index contributed by atoms with van der Waals surface area (Å²) < 4.78 is 0.952. The Hall–Kier alpha value is -1.72. The van der Waals surface area contributed by atoms with Crippen molar-refractivity contribution in [3.05, 3.63) is 57.8 Å². The molecule has 0 saturated heterocycles. The summed E-state index contributed by atoms with van der Waals surface area (Å²) in [5, 5.41) is 6.23. The van der Waals surface area contributed by atoms with Crippen LogP contribution in [0.4, 0.5) is 5.69 Å².